The maximum absolute atomic E-state index is 13.7. The lowest BCUT2D eigenvalue weighted by atomic mass is 9.91. The summed E-state index contributed by atoms with van der Waals surface area (Å²) in [7, 11) is -2.30. The van der Waals surface area contributed by atoms with Gasteiger partial charge in [-0.15, -0.1) is 11.8 Å². The zero-order chi connectivity index (χ0) is 42.1. The quantitative estimate of drug-likeness (QED) is 0.0826. The number of rotatable bonds is 16. The highest BCUT2D eigenvalue weighted by Gasteiger charge is 2.38. The second-order valence-electron chi connectivity index (χ2n) is 15.0. The molecule has 6 aromatic rings. The molecule has 1 aliphatic rings. The van der Waals surface area contributed by atoms with Crippen LogP contribution in [-0.2, 0) is 43.9 Å². The summed E-state index contributed by atoms with van der Waals surface area (Å²) in [5.74, 6) is 1.09. The molecule has 9 nitrogen and oxygen atoms in total. The van der Waals surface area contributed by atoms with Crippen LogP contribution in [0.15, 0.2) is 161 Å². The Hall–Kier alpha value is -5.27. The summed E-state index contributed by atoms with van der Waals surface area (Å²) < 4.78 is 48.6. The number of hydrogen-bond acceptors (Lipinski definition) is 8. The average Bonchev–Trinajstić information content (AvgIpc) is 3.28. The van der Waals surface area contributed by atoms with Crippen molar-refractivity contribution in [1.82, 2.24) is 10.0 Å². The zero-order valence-electron chi connectivity index (χ0n) is 33.9. The molecule has 5 atom stereocenters. The van der Waals surface area contributed by atoms with E-state index < -0.39 is 28.3 Å². The van der Waals surface area contributed by atoms with E-state index in [9.17, 15) is 18.3 Å². The molecule has 1 saturated heterocycles. The summed E-state index contributed by atoms with van der Waals surface area (Å²) in [5.41, 5.74) is 7.22. The molecule has 60 heavy (non-hydrogen) atoms. The van der Waals surface area contributed by atoms with E-state index in [1.807, 2.05) is 122 Å². The third-order valence-electron chi connectivity index (χ3n) is 10.7. The smallest absolute Gasteiger partial charge is 0.241 e. The fourth-order valence-corrected chi connectivity index (χ4v) is 9.66. The number of thioether (sulfide) groups is 1. The fourth-order valence-electron chi connectivity index (χ4n) is 7.27. The maximum Gasteiger partial charge on any atom is 0.241 e. The molecule has 3 N–H and O–H groups in total. The molecule has 1 aliphatic heterocycles. The molecule has 0 bridgehead atoms. The Bertz CT molecular complexity index is 2460. The molecule has 1 heterocycles. The third-order valence-corrected chi connectivity index (χ3v) is 13.3. The number of methoxy groups -OCH3 is 1. The van der Waals surface area contributed by atoms with Crippen LogP contribution < -0.4 is 14.8 Å². The van der Waals surface area contributed by atoms with Gasteiger partial charge >= 0.3 is 0 Å². The minimum atomic E-state index is -3.98. The van der Waals surface area contributed by atoms with Crippen molar-refractivity contribution in [2.24, 2.45) is 5.92 Å². The number of para-hydroxylation sites is 1. The minimum Gasteiger partial charge on any atom is -0.496 e. The third kappa shape index (κ3) is 10.7. The Morgan fingerprint density at radius 2 is 1.45 bits per heavy atom. The van der Waals surface area contributed by atoms with Crippen LogP contribution in [-0.4, -0.2) is 44.4 Å². The number of ether oxygens (including phenoxy) is 3. The number of amides is 1. The standard InChI is InChI=1S/C49H50N2O7S2/c1-33-19-25-42(26-20-33)60(54,55)51-43(28-35-11-5-4-6-12-35)48(53)50-30-37-13-9-14-39(27-37)40-15-10-16-41(29-40)49-57-45(32-59-46-18-8-7-17-44(46)56-3)34(2)47(58-49)38-23-21-36(31-52)22-24-38/h4-27,29,34,43,45,47,49,51-52H,28,30-32H2,1-3H3,(H,50,53)/t34-,43+,45+,47+,49+/m0/s1. The molecular weight excluding hydrogens is 793 g/mol. The number of aryl methyl sites for hydroxylation is 1. The molecule has 11 heteroatoms. The highest BCUT2D eigenvalue weighted by Crippen LogP contribution is 2.44. The Morgan fingerprint density at radius 1 is 0.767 bits per heavy atom. The molecule has 0 aromatic heterocycles. The number of sulfonamides is 1. The van der Waals surface area contributed by atoms with Crippen molar-refractivity contribution in [2.75, 3.05) is 12.9 Å². The van der Waals surface area contributed by atoms with Gasteiger partial charge in [-0.1, -0.05) is 128 Å². The fraction of sp³-hybridized carbons (Fsp3) is 0.245. The van der Waals surface area contributed by atoms with Gasteiger partial charge in [0.25, 0.3) is 0 Å². The molecule has 1 fully saturated rings. The van der Waals surface area contributed by atoms with Gasteiger partial charge in [0.05, 0.1) is 30.8 Å². The van der Waals surface area contributed by atoms with Crippen LogP contribution in [0, 0.1) is 12.8 Å². The molecule has 0 spiro atoms. The largest absolute Gasteiger partial charge is 0.496 e. The second kappa shape index (κ2) is 19.9. The van der Waals surface area contributed by atoms with E-state index in [4.69, 9.17) is 14.2 Å². The first-order valence-electron chi connectivity index (χ1n) is 20.0. The summed E-state index contributed by atoms with van der Waals surface area (Å²) in [5, 5.41) is 12.7. The Balaban J connectivity index is 1.08. The predicted molar refractivity (Wildman–Crippen MR) is 236 cm³/mol. The lowest BCUT2D eigenvalue weighted by Gasteiger charge is -2.41. The topological polar surface area (TPSA) is 123 Å². The van der Waals surface area contributed by atoms with E-state index in [0.29, 0.717) is 5.75 Å². The van der Waals surface area contributed by atoms with Gasteiger partial charge in [0, 0.05) is 28.7 Å². The molecule has 0 unspecified atom stereocenters. The van der Waals surface area contributed by atoms with Crippen molar-refractivity contribution in [3.05, 3.63) is 185 Å². The first-order valence-corrected chi connectivity index (χ1v) is 22.4. The van der Waals surface area contributed by atoms with Crippen LogP contribution >= 0.6 is 11.8 Å². The van der Waals surface area contributed by atoms with Crippen LogP contribution in [0.25, 0.3) is 11.1 Å². The highest BCUT2D eigenvalue weighted by atomic mass is 32.2. The van der Waals surface area contributed by atoms with Crippen molar-refractivity contribution >= 4 is 27.7 Å². The summed E-state index contributed by atoms with van der Waals surface area (Å²) in [6, 6.07) is 46.7. The second-order valence-corrected chi connectivity index (χ2v) is 17.8. The van der Waals surface area contributed by atoms with Crippen LogP contribution in [0.5, 0.6) is 5.75 Å². The predicted octanol–water partition coefficient (Wildman–Crippen LogP) is 8.95. The van der Waals surface area contributed by atoms with E-state index in [0.717, 1.165) is 55.2 Å². The monoisotopic (exact) mass is 842 g/mol. The van der Waals surface area contributed by atoms with Crippen molar-refractivity contribution < 1.29 is 32.5 Å². The maximum atomic E-state index is 13.7. The van der Waals surface area contributed by atoms with E-state index >= 15 is 0 Å². The Kier molecular flexibility index (Phi) is 14.2. The van der Waals surface area contributed by atoms with Gasteiger partial charge in [-0.3, -0.25) is 4.79 Å². The Labute approximate surface area is 357 Å². The summed E-state index contributed by atoms with van der Waals surface area (Å²) in [4.78, 5) is 14.9. The van der Waals surface area contributed by atoms with E-state index in [-0.39, 0.29) is 42.6 Å². The minimum absolute atomic E-state index is 0.0173. The van der Waals surface area contributed by atoms with Crippen molar-refractivity contribution in [3.8, 4) is 16.9 Å². The van der Waals surface area contributed by atoms with Crippen LogP contribution in [0.3, 0.4) is 0 Å². The molecular formula is C49H50N2O7S2. The Morgan fingerprint density at radius 3 is 2.18 bits per heavy atom. The summed E-state index contributed by atoms with van der Waals surface area (Å²) in [6.45, 7) is 4.20. The number of hydrogen-bond donors (Lipinski definition) is 3. The van der Waals surface area contributed by atoms with Crippen molar-refractivity contribution in [3.63, 3.8) is 0 Å². The molecule has 0 aliphatic carbocycles. The lowest BCUT2D eigenvalue weighted by Crippen LogP contribution is -2.47. The normalized spacial score (nSPS) is 18.4. The van der Waals surface area contributed by atoms with Gasteiger partial charge in [-0.05, 0) is 83.1 Å². The van der Waals surface area contributed by atoms with Gasteiger partial charge in [0.1, 0.15) is 11.8 Å². The molecule has 0 saturated carbocycles. The molecule has 310 valence electrons. The van der Waals surface area contributed by atoms with Gasteiger partial charge in [0.2, 0.25) is 15.9 Å². The lowest BCUT2D eigenvalue weighted by molar-refractivity contribution is -0.268. The number of benzene rings is 6. The molecule has 6 aromatic carbocycles. The van der Waals surface area contributed by atoms with E-state index in [1.165, 1.54) is 0 Å². The molecule has 0 radical (unpaired) electrons. The number of carbonyl (C=O) groups excluding carboxylic acids is 1. The van der Waals surface area contributed by atoms with E-state index in [2.05, 4.69) is 29.1 Å². The van der Waals surface area contributed by atoms with Crippen molar-refractivity contribution in [1.29, 1.82) is 0 Å². The number of nitrogens with one attached hydrogen (secondary N) is 2. The van der Waals surface area contributed by atoms with Gasteiger partial charge < -0.3 is 24.6 Å². The first-order chi connectivity index (χ1) is 29.1. The number of carbonyl (C=O) groups is 1. The van der Waals surface area contributed by atoms with Crippen LogP contribution in [0.2, 0.25) is 0 Å². The average molecular weight is 843 g/mol. The SMILES string of the molecule is COc1ccccc1SC[C@H]1O[C@@H](c2cccc(-c3cccc(CNC(=O)[C@@H](Cc4ccccc4)NS(=O)(=O)c4ccc(C)cc4)c3)c2)O[C@@H](c2ccc(CO)cc2)[C@H]1C. The molecule has 7 rings (SSSR count). The summed E-state index contributed by atoms with van der Waals surface area (Å²) >= 11 is 1.69. The first kappa shape index (κ1) is 42.8. The number of aliphatic hydroxyl groups is 1. The highest BCUT2D eigenvalue weighted by molar-refractivity contribution is 7.99. The molecule has 1 amide bonds. The van der Waals surface area contributed by atoms with Gasteiger partial charge in [0.15, 0.2) is 6.29 Å². The van der Waals surface area contributed by atoms with Gasteiger partial charge in [-0.2, -0.15) is 4.72 Å². The van der Waals surface area contributed by atoms with Crippen LogP contribution in [0.4, 0.5) is 0 Å². The van der Waals surface area contributed by atoms with Crippen LogP contribution in [0.1, 0.15) is 52.7 Å². The van der Waals surface area contributed by atoms with E-state index in [1.54, 1.807) is 43.1 Å². The number of aliphatic hydroxyl groups excluding tert-OH is 1. The van der Waals surface area contributed by atoms with Crippen molar-refractivity contribution in [2.45, 2.75) is 67.8 Å². The summed E-state index contributed by atoms with van der Waals surface area (Å²) in [6.07, 6.45) is -0.894. The zero-order valence-corrected chi connectivity index (χ0v) is 35.5. The van der Waals surface area contributed by atoms with Gasteiger partial charge in [-0.25, -0.2) is 8.42 Å².